The lowest BCUT2D eigenvalue weighted by molar-refractivity contribution is -0.130. The zero-order valence-corrected chi connectivity index (χ0v) is 14.9. The number of carbonyl (C=O) groups is 2. The Morgan fingerprint density at radius 1 is 0.958 bits per heavy atom. The van der Waals surface area contributed by atoms with Crippen LogP contribution in [0.2, 0.25) is 0 Å². The van der Waals surface area contributed by atoms with Crippen molar-refractivity contribution in [3.63, 3.8) is 0 Å². The van der Waals surface area contributed by atoms with Crippen LogP contribution in [0.25, 0.3) is 0 Å². The molecule has 2 amide bonds. The molecular weight excluding hydrogens is 300 g/mol. The maximum atomic E-state index is 12.3. The van der Waals surface area contributed by atoms with E-state index in [0.717, 1.165) is 38.6 Å². The summed E-state index contributed by atoms with van der Waals surface area (Å²) in [4.78, 5) is 24.4. The third kappa shape index (κ3) is 5.99. The van der Waals surface area contributed by atoms with Crippen molar-refractivity contribution in [3.05, 3.63) is 35.9 Å². The van der Waals surface area contributed by atoms with Crippen LogP contribution < -0.4 is 10.6 Å². The standard InChI is InChI=1S/C20H30N2O2/c1-15(2)14-22-20(24)18-10-8-17(9-11-18)19(23)21-13-12-16-6-4-3-5-7-16/h3-7,15,17-18H,8-14H2,1-2H3,(H,21,23)(H,22,24). The van der Waals surface area contributed by atoms with Crippen LogP contribution in [0.3, 0.4) is 0 Å². The van der Waals surface area contributed by atoms with Gasteiger partial charge in [0.2, 0.25) is 11.8 Å². The maximum Gasteiger partial charge on any atom is 0.223 e. The fraction of sp³-hybridized carbons (Fsp3) is 0.600. The minimum atomic E-state index is 0.0647. The highest BCUT2D eigenvalue weighted by Gasteiger charge is 2.29. The van der Waals surface area contributed by atoms with Gasteiger partial charge in [0.25, 0.3) is 0 Å². The van der Waals surface area contributed by atoms with Crippen LogP contribution in [0.4, 0.5) is 0 Å². The number of carbonyl (C=O) groups excluding carboxylic acids is 2. The van der Waals surface area contributed by atoms with Gasteiger partial charge in [-0.05, 0) is 43.6 Å². The van der Waals surface area contributed by atoms with E-state index in [4.69, 9.17) is 0 Å². The minimum absolute atomic E-state index is 0.0647. The summed E-state index contributed by atoms with van der Waals surface area (Å²) in [5, 5.41) is 6.05. The van der Waals surface area contributed by atoms with Crippen LogP contribution in [-0.4, -0.2) is 24.9 Å². The Balaban J connectivity index is 1.66. The zero-order valence-electron chi connectivity index (χ0n) is 14.9. The molecular formula is C20H30N2O2. The fourth-order valence-corrected chi connectivity index (χ4v) is 3.19. The number of nitrogens with one attached hydrogen (secondary N) is 2. The molecule has 24 heavy (non-hydrogen) atoms. The van der Waals surface area contributed by atoms with E-state index in [-0.39, 0.29) is 23.7 Å². The molecule has 0 radical (unpaired) electrons. The van der Waals surface area contributed by atoms with E-state index in [1.807, 2.05) is 18.2 Å². The van der Waals surface area contributed by atoms with E-state index >= 15 is 0 Å². The van der Waals surface area contributed by atoms with Crippen molar-refractivity contribution >= 4 is 11.8 Å². The van der Waals surface area contributed by atoms with Crippen LogP contribution in [-0.2, 0) is 16.0 Å². The lowest BCUT2D eigenvalue weighted by atomic mass is 9.81. The second kappa shape index (κ2) is 9.45. The summed E-state index contributed by atoms with van der Waals surface area (Å²) in [6, 6.07) is 10.2. The monoisotopic (exact) mass is 330 g/mol. The van der Waals surface area contributed by atoms with Crippen molar-refractivity contribution in [2.75, 3.05) is 13.1 Å². The molecule has 4 heteroatoms. The summed E-state index contributed by atoms with van der Waals surface area (Å²) >= 11 is 0. The van der Waals surface area contributed by atoms with Crippen molar-refractivity contribution in [2.45, 2.75) is 46.0 Å². The molecule has 1 saturated carbocycles. The Morgan fingerprint density at radius 2 is 1.50 bits per heavy atom. The third-order valence-electron chi connectivity index (χ3n) is 4.71. The molecule has 0 heterocycles. The van der Waals surface area contributed by atoms with Crippen molar-refractivity contribution in [1.82, 2.24) is 10.6 Å². The van der Waals surface area contributed by atoms with Crippen molar-refractivity contribution in [1.29, 1.82) is 0 Å². The van der Waals surface area contributed by atoms with Gasteiger partial charge in [0.15, 0.2) is 0 Å². The molecule has 1 aliphatic rings. The largest absolute Gasteiger partial charge is 0.356 e. The number of hydrogen-bond acceptors (Lipinski definition) is 2. The van der Waals surface area contributed by atoms with E-state index in [9.17, 15) is 9.59 Å². The lowest BCUT2D eigenvalue weighted by Crippen LogP contribution is -2.38. The molecule has 1 fully saturated rings. The fourth-order valence-electron chi connectivity index (χ4n) is 3.19. The molecule has 0 saturated heterocycles. The van der Waals surface area contributed by atoms with Gasteiger partial charge >= 0.3 is 0 Å². The molecule has 1 aromatic carbocycles. The molecule has 0 spiro atoms. The summed E-state index contributed by atoms with van der Waals surface area (Å²) in [5.41, 5.74) is 1.24. The number of hydrogen-bond donors (Lipinski definition) is 2. The van der Waals surface area contributed by atoms with Gasteiger partial charge in [0.1, 0.15) is 0 Å². The molecule has 132 valence electrons. The van der Waals surface area contributed by atoms with Gasteiger partial charge in [-0.3, -0.25) is 9.59 Å². The van der Waals surface area contributed by atoms with Crippen molar-refractivity contribution < 1.29 is 9.59 Å². The molecule has 4 nitrogen and oxygen atoms in total. The van der Waals surface area contributed by atoms with Crippen LogP contribution in [0.15, 0.2) is 30.3 Å². The second-order valence-electron chi connectivity index (χ2n) is 7.21. The minimum Gasteiger partial charge on any atom is -0.356 e. The van der Waals surface area contributed by atoms with E-state index in [1.165, 1.54) is 5.56 Å². The first-order valence-electron chi connectivity index (χ1n) is 9.15. The predicted octanol–water partition coefficient (Wildman–Crippen LogP) is 2.92. The molecule has 1 aliphatic carbocycles. The van der Waals surface area contributed by atoms with E-state index in [0.29, 0.717) is 12.5 Å². The zero-order chi connectivity index (χ0) is 17.4. The van der Waals surface area contributed by atoms with Crippen molar-refractivity contribution in [2.24, 2.45) is 17.8 Å². The van der Waals surface area contributed by atoms with Gasteiger partial charge in [-0.15, -0.1) is 0 Å². The molecule has 2 rings (SSSR count). The molecule has 1 aromatic rings. The Bertz CT molecular complexity index is 520. The van der Waals surface area contributed by atoms with Gasteiger partial charge in [-0.1, -0.05) is 44.2 Å². The van der Waals surface area contributed by atoms with Crippen LogP contribution in [0.1, 0.15) is 45.1 Å². The van der Waals surface area contributed by atoms with Crippen LogP contribution in [0.5, 0.6) is 0 Å². The summed E-state index contributed by atoms with van der Waals surface area (Å²) in [6.45, 7) is 5.60. The first-order valence-corrected chi connectivity index (χ1v) is 9.15. The Hall–Kier alpha value is -1.84. The Labute approximate surface area is 145 Å². The SMILES string of the molecule is CC(C)CNC(=O)C1CCC(C(=O)NCCc2ccccc2)CC1. The van der Waals surface area contributed by atoms with Gasteiger partial charge in [-0.2, -0.15) is 0 Å². The summed E-state index contributed by atoms with van der Waals surface area (Å²) in [5.74, 6) is 0.923. The molecule has 0 atom stereocenters. The average molecular weight is 330 g/mol. The molecule has 0 aromatic heterocycles. The number of rotatable bonds is 7. The van der Waals surface area contributed by atoms with Gasteiger partial charge in [-0.25, -0.2) is 0 Å². The topological polar surface area (TPSA) is 58.2 Å². The van der Waals surface area contributed by atoms with Crippen LogP contribution in [0, 0.1) is 17.8 Å². The maximum absolute atomic E-state index is 12.3. The summed E-state index contributed by atoms with van der Waals surface area (Å²) < 4.78 is 0. The predicted molar refractivity (Wildman–Crippen MR) is 96.5 cm³/mol. The Kier molecular flexibility index (Phi) is 7.29. The summed E-state index contributed by atoms with van der Waals surface area (Å²) in [6.07, 6.45) is 4.13. The smallest absolute Gasteiger partial charge is 0.223 e. The summed E-state index contributed by atoms with van der Waals surface area (Å²) in [7, 11) is 0. The number of benzene rings is 1. The van der Waals surface area contributed by atoms with Crippen LogP contribution >= 0.6 is 0 Å². The average Bonchev–Trinajstić information content (AvgIpc) is 2.60. The second-order valence-corrected chi connectivity index (χ2v) is 7.21. The Morgan fingerprint density at radius 3 is 2.04 bits per heavy atom. The molecule has 0 unspecified atom stereocenters. The molecule has 2 N–H and O–H groups in total. The lowest BCUT2D eigenvalue weighted by Gasteiger charge is -2.27. The van der Waals surface area contributed by atoms with Gasteiger partial charge in [0.05, 0.1) is 0 Å². The van der Waals surface area contributed by atoms with Crippen molar-refractivity contribution in [3.8, 4) is 0 Å². The molecule has 0 aliphatic heterocycles. The molecule has 0 bridgehead atoms. The normalized spacial score (nSPS) is 20.6. The third-order valence-corrected chi connectivity index (χ3v) is 4.71. The van der Waals surface area contributed by atoms with Gasteiger partial charge < -0.3 is 10.6 Å². The quantitative estimate of drug-likeness (QED) is 0.807. The first kappa shape index (κ1) is 18.5. The number of amides is 2. The van der Waals surface area contributed by atoms with Gasteiger partial charge in [0, 0.05) is 24.9 Å². The highest BCUT2D eigenvalue weighted by atomic mass is 16.2. The van der Waals surface area contributed by atoms with E-state index < -0.39 is 0 Å². The van der Waals surface area contributed by atoms with E-state index in [1.54, 1.807) is 0 Å². The van der Waals surface area contributed by atoms with E-state index in [2.05, 4.69) is 36.6 Å². The first-order chi connectivity index (χ1) is 11.6. The highest BCUT2D eigenvalue weighted by Crippen LogP contribution is 2.29. The highest BCUT2D eigenvalue weighted by molar-refractivity contribution is 5.81.